The first kappa shape index (κ1) is 22.2. The molecule has 11 nitrogen and oxygen atoms in total. The lowest BCUT2D eigenvalue weighted by atomic mass is 10.1. The maximum atomic E-state index is 12.1. The number of sulfonamides is 1. The van der Waals surface area contributed by atoms with Crippen LogP contribution in [0.5, 0.6) is 0 Å². The average Bonchev–Trinajstić information content (AvgIpc) is 3.32. The van der Waals surface area contributed by atoms with Crippen LogP contribution in [0.2, 0.25) is 0 Å². The summed E-state index contributed by atoms with van der Waals surface area (Å²) in [7, 11) is -2.22. The number of aliphatic hydroxyl groups is 1. The number of rotatable bonds is 6. The van der Waals surface area contributed by atoms with Gasteiger partial charge in [-0.3, -0.25) is 0 Å². The van der Waals surface area contributed by atoms with E-state index in [-0.39, 0.29) is 16.9 Å². The van der Waals surface area contributed by atoms with E-state index >= 15 is 0 Å². The Labute approximate surface area is 196 Å². The summed E-state index contributed by atoms with van der Waals surface area (Å²) in [6.45, 7) is 1.43. The fraction of sp³-hybridized carbons (Fsp3) is 0.273. The second kappa shape index (κ2) is 8.97. The molecule has 0 radical (unpaired) electrons. The molecule has 1 aliphatic rings. The first-order valence-electron chi connectivity index (χ1n) is 10.8. The second-order valence-electron chi connectivity index (χ2n) is 8.00. The number of nitrogens with one attached hydrogen (secondary N) is 3. The summed E-state index contributed by atoms with van der Waals surface area (Å²) < 4.78 is 26.6. The van der Waals surface area contributed by atoms with Crippen LogP contribution in [-0.4, -0.2) is 64.7 Å². The van der Waals surface area contributed by atoms with Gasteiger partial charge in [-0.05, 0) is 50.2 Å². The Morgan fingerprint density at radius 1 is 1.18 bits per heavy atom. The Balaban J connectivity index is 1.47. The molecule has 4 N–H and O–H groups in total. The SMILES string of the molecule is CNS(=O)(=O)c1cccc(Nc2nc(-c3ccc(N4CCCC(O)C4)nc3)c3[nH]cnc3n2)c1. The van der Waals surface area contributed by atoms with Gasteiger partial charge >= 0.3 is 0 Å². The van der Waals surface area contributed by atoms with Gasteiger partial charge in [0.1, 0.15) is 17.0 Å². The number of H-pyrrole nitrogens is 1. The molecule has 34 heavy (non-hydrogen) atoms. The maximum absolute atomic E-state index is 12.1. The average molecular weight is 481 g/mol. The predicted octanol–water partition coefficient (Wildman–Crippen LogP) is 2.03. The zero-order chi connectivity index (χ0) is 23.7. The van der Waals surface area contributed by atoms with Crippen molar-refractivity contribution >= 4 is 38.6 Å². The normalized spacial score (nSPS) is 16.6. The monoisotopic (exact) mass is 480 g/mol. The van der Waals surface area contributed by atoms with Gasteiger partial charge in [-0.2, -0.15) is 4.98 Å². The van der Waals surface area contributed by atoms with Gasteiger partial charge in [-0.15, -0.1) is 0 Å². The zero-order valence-corrected chi connectivity index (χ0v) is 19.2. The fourth-order valence-electron chi connectivity index (χ4n) is 3.96. The van der Waals surface area contributed by atoms with Crippen LogP contribution in [-0.2, 0) is 10.0 Å². The number of imidazole rings is 1. The Kier molecular flexibility index (Phi) is 5.86. The van der Waals surface area contributed by atoms with Crippen LogP contribution < -0.4 is 14.9 Å². The van der Waals surface area contributed by atoms with Gasteiger partial charge < -0.3 is 20.3 Å². The van der Waals surface area contributed by atoms with Gasteiger partial charge in [0.15, 0.2) is 5.65 Å². The van der Waals surface area contributed by atoms with Crippen molar-refractivity contribution in [2.24, 2.45) is 0 Å². The van der Waals surface area contributed by atoms with E-state index < -0.39 is 10.0 Å². The van der Waals surface area contributed by atoms with E-state index in [1.165, 1.54) is 19.2 Å². The number of β-amino-alcohol motifs (C(OH)–C–C–N with tert-alkyl or cyclic N) is 1. The van der Waals surface area contributed by atoms with Crippen molar-refractivity contribution in [1.29, 1.82) is 0 Å². The number of anilines is 3. The van der Waals surface area contributed by atoms with Crippen molar-refractivity contribution in [3.63, 3.8) is 0 Å². The van der Waals surface area contributed by atoms with E-state index in [0.717, 1.165) is 30.8 Å². The van der Waals surface area contributed by atoms with E-state index in [0.29, 0.717) is 29.1 Å². The van der Waals surface area contributed by atoms with E-state index in [9.17, 15) is 13.5 Å². The molecular weight excluding hydrogens is 456 g/mol. The van der Waals surface area contributed by atoms with Crippen molar-refractivity contribution in [1.82, 2.24) is 29.6 Å². The molecule has 176 valence electrons. The number of pyridine rings is 1. The van der Waals surface area contributed by atoms with Gasteiger partial charge in [0.2, 0.25) is 16.0 Å². The van der Waals surface area contributed by atoms with Crippen LogP contribution in [0.15, 0.2) is 53.8 Å². The Morgan fingerprint density at radius 2 is 2.06 bits per heavy atom. The summed E-state index contributed by atoms with van der Waals surface area (Å²) in [5, 5.41) is 13.0. The van der Waals surface area contributed by atoms with Crippen molar-refractivity contribution in [2.75, 3.05) is 30.4 Å². The fourth-order valence-corrected chi connectivity index (χ4v) is 4.74. The topological polar surface area (TPSA) is 149 Å². The third-order valence-corrected chi connectivity index (χ3v) is 7.11. The number of aliphatic hydroxyl groups excluding tert-OH is 1. The number of fused-ring (bicyclic) bond motifs is 1. The number of piperidine rings is 1. The first-order valence-corrected chi connectivity index (χ1v) is 12.3. The molecule has 1 fully saturated rings. The standard InChI is InChI=1S/C22H24N8O3S/c1-23-34(32,33)17-6-2-4-15(10-17)27-22-28-19(20-21(29-22)26-13-25-20)14-7-8-18(24-11-14)30-9-3-5-16(31)12-30/h2,4,6-8,10-11,13,16,23,31H,3,5,9,12H2,1H3,(H2,25,26,27,28,29). The lowest BCUT2D eigenvalue weighted by Crippen LogP contribution is -2.38. The Morgan fingerprint density at radius 3 is 2.82 bits per heavy atom. The summed E-state index contributed by atoms with van der Waals surface area (Å²) in [6.07, 6.45) is 4.69. The third kappa shape index (κ3) is 4.42. The molecule has 1 unspecified atom stereocenters. The van der Waals surface area contributed by atoms with Crippen molar-refractivity contribution in [2.45, 2.75) is 23.8 Å². The minimum absolute atomic E-state index is 0.128. The van der Waals surface area contributed by atoms with Crippen LogP contribution in [0.1, 0.15) is 12.8 Å². The Hall–Kier alpha value is -3.61. The van der Waals surface area contributed by atoms with Crippen LogP contribution in [0, 0.1) is 0 Å². The van der Waals surface area contributed by atoms with Gasteiger partial charge in [-0.1, -0.05) is 6.07 Å². The number of nitrogens with zero attached hydrogens (tertiary/aromatic N) is 5. The molecule has 4 heterocycles. The summed E-state index contributed by atoms with van der Waals surface area (Å²) in [6, 6.07) is 10.2. The summed E-state index contributed by atoms with van der Waals surface area (Å²) >= 11 is 0. The van der Waals surface area contributed by atoms with Crippen molar-refractivity contribution < 1.29 is 13.5 Å². The number of hydrogen-bond acceptors (Lipinski definition) is 9. The van der Waals surface area contributed by atoms with Crippen molar-refractivity contribution in [3.8, 4) is 11.3 Å². The van der Waals surface area contributed by atoms with Gasteiger partial charge in [0.25, 0.3) is 0 Å². The molecule has 0 saturated carbocycles. The van der Waals surface area contributed by atoms with Crippen LogP contribution in [0.3, 0.4) is 0 Å². The molecule has 0 bridgehead atoms. The molecule has 1 saturated heterocycles. The lowest BCUT2D eigenvalue weighted by Gasteiger charge is -2.31. The molecule has 12 heteroatoms. The molecule has 0 spiro atoms. The lowest BCUT2D eigenvalue weighted by molar-refractivity contribution is 0.154. The molecule has 4 aromatic rings. The van der Waals surface area contributed by atoms with Crippen LogP contribution in [0.25, 0.3) is 22.4 Å². The number of aromatic amines is 1. The summed E-state index contributed by atoms with van der Waals surface area (Å²) in [5.41, 5.74) is 3.04. The molecule has 0 amide bonds. The molecule has 1 aliphatic heterocycles. The molecule has 1 aromatic carbocycles. The third-order valence-electron chi connectivity index (χ3n) is 5.70. The van der Waals surface area contributed by atoms with Crippen LogP contribution in [0.4, 0.5) is 17.5 Å². The smallest absolute Gasteiger partial charge is 0.240 e. The highest BCUT2D eigenvalue weighted by atomic mass is 32.2. The van der Waals surface area contributed by atoms with Crippen LogP contribution >= 0.6 is 0 Å². The minimum atomic E-state index is -3.58. The second-order valence-corrected chi connectivity index (χ2v) is 9.89. The van der Waals surface area contributed by atoms with Gasteiger partial charge in [-0.25, -0.2) is 28.1 Å². The number of hydrogen-bond donors (Lipinski definition) is 4. The highest BCUT2D eigenvalue weighted by Gasteiger charge is 2.20. The van der Waals surface area contributed by atoms with E-state index in [4.69, 9.17) is 0 Å². The summed E-state index contributed by atoms with van der Waals surface area (Å²) in [5.74, 6) is 1.08. The number of aromatic nitrogens is 5. The highest BCUT2D eigenvalue weighted by Crippen LogP contribution is 2.28. The molecule has 3 aromatic heterocycles. The molecule has 0 aliphatic carbocycles. The highest BCUT2D eigenvalue weighted by molar-refractivity contribution is 7.89. The summed E-state index contributed by atoms with van der Waals surface area (Å²) in [4.78, 5) is 23.2. The number of benzene rings is 1. The largest absolute Gasteiger partial charge is 0.391 e. The van der Waals surface area contributed by atoms with Crippen molar-refractivity contribution in [3.05, 3.63) is 48.9 Å². The quantitative estimate of drug-likeness (QED) is 0.325. The molecule has 1 atom stereocenters. The predicted molar refractivity (Wildman–Crippen MR) is 128 cm³/mol. The van der Waals surface area contributed by atoms with E-state index in [2.05, 4.69) is 39.9 Å². The molecular formula is C22H24N8O3S. The zero-order valence-electron chi connectivity index (χ0n) is 18.4. The Bertz CT molecular complexity index is 1420. The van der Waals surface area contributed by atoms with Gasteiger partial charge in [0, 0.05) is 30.5 Å². The maximum Gasteiger partial charge on any atom is 0.240 e. The first-order chi connectivity index (χ1) is 16.4. The van der Waals surface area contributed by atoms with Gasteiger partial charge in [0.05, 0.1) is 17.3 Å². The molecule has 5 rings (SSSR count). The van der Waals surface area contributed by atoms with E-state index in [1.54, 1.807) is 24.7 Å². The minimum Gasteiger partial charge on any atom is -0.391 e. The van der Waals surface area contributed by atoms with E-state index in [1.807, 2.05) is 12.1 Å².